The second kappa shape index (κ2) is 15.2. The first-order valence-corrected chi connectivity index (χ1v) is 8.23. The molecule has 0 aliphatic heterocycles. The van der Waals surface area contributed by atoms with Crippen LogP contribution in [0.4, 0.5) is 13.2 Å². The van der Waals surface area contributed by atoms with Gasteiger partial charge in [0.05, 0.1) is 0 Å². The molecular weight excluding hydrogens is 533 g/mol. The maximum absolute atomic E-state index is 10.7. The molecule has 8 heteroatoms. The molecule has 0 heterocycles. The van der Waals surface area contributed by atoms with Crippen molar-refractivity contribution in [1.29, 1.82) is 0 Å². The minimum Gasteiger partial charge on any atom is -0.741 e. The fourth-order valence-corrected chi connectivity index (χ4v) is 1.41. The van der Waals surface area contributed by atoms with Crippen LogP contribution in [0.5, 0.6) is 0 Å². The van der Waals surface area contributed by atoms with Crippen molar-refractivity contribution >= 4 is 10.1 Å². The third-order valence-corrected chi connectivity index (χ3v) is 3.66. The van der Waals surface area contributed by atoms with Crippen molar-refractivity contribution in [2.75, 3.05) is 0 Å². The van der Waals surface area contributed by atoms with Gasteiger partial charge in [0.25, 0.3) is 0 Å². The average molecular weight is 560 g/mol. The maximum atomic E-state index is 10.7. The van der Waals surface area contributed by atoms with Gasteiger partial charge < -0.3 is 4.55 Å². The smallest absolute Gasteiger partial charge is 0.485 e. The Morgan fingerprint density at radius 2 is 0.960 bits per heavy atom. The summed E-state index contributed by atoms with van der Waals surface area (Å²) in [5.41, 5.74) is -5.65. The third kappa shape index (κ3) is 13.9. The molecule has 0 aromatic heterocycles. The Morgan fingerprint density at radius 3 is 1.00 bits per heavy atom. The number of allylic oxidation sites excluding steroid dienone is 1. The van der Waals surface area contributed by atoms with E-state index in [1.165, 1.54) is 36.0 Å². The van der Waals surface area contributed by atoms with E-state index in [1.54, 1.807) is 6.08 Å². The number of alkyl halides is 3. The summed E-state index contributed by atoms with van der Waals surface area (Å²) in [6, 6.07) is 0. The van der Waals surface area contributed by atoms with Crippen LogP contribution in [0, 0.1) is 49.9 Å². The molecule has 0 unspecified atom stereocenters. The Labute approximate surface area is 166 Å². The van der Waals surface area contributed by atoms with Crippen LogP contribution < -0.4 is 0 Å². The summed E-state index contributed by atoms with van der Waals surface area (Å²) >= 11 is 0. The molecule has 25 heavy (non-hydrogen) atoms. The molecule has 0 spiro atoms. The maximum Gasteiger partial charge on any atom is 0.485 e. The number of hydrogen-bond acceptors (Lipinski definition) is 3. The van der Waals surface area contributed by atoms with E-state index in [2.05, 4.69) is 55.0 Å². The molecule has 0 N–H and O–H groups in total. The van der Waals surface area contributed by atoms with Crippen molar-refractivity contribution in [3.8, 4) is 0 Å². The van der Waals surface area contributed by atoms with E-state index in [0.29, 0.717) is 0 Å². The summed E-state index contributed by atoms with van der Waals surface area (Å²) < 4.78 is 58.9. The molecule has 3 nitrogen and oxygen atoms in total. The van der Waals surface area contributed by atoms with Crippen LogP contribution in [0.15, 0.2) is 12.7 Å². The zero-order valence-electron chi connectivity index (χ0n) is 15.4. The van der Waals surface area contributed by atoms with Gasteiger partial charge in [0.15, 0.2) is 10.1 Å². The van der Waals surface area contributed by atoms with Crippen LogP contribution in [-0.2, 0) is 30.2 Å². The summed E-state index contributed by atoms with van der Waals surface area (Å²) in [5.74, 6) is 7.34. The molecule has 0 saturated heterocycles. The standard InChI is InChI=1S/C10H15.C3H6.C3H5.CHF3O3S.Ir/c1-6-7(2)9(4)10(5)8(6)3;2*1-3-2;2-1(3,4)8(5,6)7;/h1-5H3;3H,1H2,2H3;3H,1-2H2;(H,5,6,7);/p-1. The van der Waals surface area contributed by atoms with Gasteiger partial charge in [0, 0.05) is 20.1 Å². The van der Waals surface area contributed by atoms with Crippen LogP contribution >= 0.6 is 0 Å². The first-order chi connectivity index (χ1) is 10.6. The predicted molar refractivity (Wildman–Crippen MR) is 91.2 cm³/mol. The van der Waals surface area contributed by atoms with Gasteiger partial charge in [-0.3, -0.25) is 0 Å². The van der Waals surface area contributed by atoms with E-state index >= 15 is 0 Å². The Balaban J connectivity index is -0.000000132. The molecule has 1 aliphatic carbocycles. The minimum absolute atomic E-state index is 0. The van der Waals surface area contributed by atoms with Crippen molar-refractivity contribution in [3.05, 3.63) is 62.5 Å². The quantitative estimate of drug-likeness (QED) is 0.237. The van der Waals surface area contributed by atoms with Gasteiger partial charge in [-0.25, -0.2) is 8.42 Å². The van der Waals surface area contributed by atoms with E-state index in [1.807, 2.05) is 6.92 Å². The number of hydrogen-bond donors (Lipinski definition) is 0. The van der Waals surface area contributed by atoms with Crippen LogP contribution in [0.2, 0.25) is 0 Å². The van der Waals surface area contributed by atoms with E-state index in [-0.39, 0.29) is 20.1 Å². The normalized spacial score (nSPS) is 17.1. The van der Waals surface area contributed by atoms with Crippen molar-refractivity contribution < 1.29 is 46.2 Å². The first-order valence-electron chi connectivity index (χ1n) is 6.82. The molecule has 149 valence electrons. The summed E-state index contributed by atoms with van der Waals surface area (Å²) in [7, 11) is -6.09. The Morgan fingerprint density at radius 1 is 0.880 bits per heavy atom. The van der Waals surface area contributed by atoms with Gasteiger partial charge in [0.2, 0.25) is 0 Å². The molecule has 0 aromatic carbocycles. The fourth-order valence-electron chi connectivity index (χ4n) is 1.41. The Bertz CT molecular complexity index is 381. The second-order valence-corrected chi connectivity index (χ2v) is 6.09. The van der Waals surface area contributed by atoms with Gasteiger partial charge in [-0.05, 0) is 56.8 Å². The summed E-state index contributed by atoms with van der Waals surface area (Å²) in [5, 5.41) is 0. The van der Waals surface area contributed by atoms with E-state index < -0.39 is 15.6 Å². The van der Waals surface area contributed by atoms with Gasteiger partial charge in [-0.15, -0.1) is 6.58 Å². The molecule has 1 aliphatic rings. The summed E-state index contributed by atoms with van der Waals surface area (Å²) in [6.45, 7) is 22.7. The van der Waals surface area contributed by atoms with Crippen LogP contribution in [0.25, 0.3) is 0 Å². The molecule has 0 bridgehead atoms. The zero-order chi connectivity index (χ0) is 20.3. The SMILES string of the molecule is C=CC.C[C]1[C](C)[C](C)[C](C)[C]1C.O=S(=O)([O-])C(F)(F)F.[CH2][CH][CH2].[Ir]. The Hall–Kier alpha value is 0.0894. The van der Waals surface area contributed by atoms with E-state index in [9.17, 15) is 13.2 Å². The molecule has 0 aromatic rings. The van der Waals surface area contributed by atoms with Crippen molar-refractivity contribution in [2.24, 2.45) is 0 Å². The largest absolute Gasteiger partial charge is 0.741 e. The van der Waals surface area contributed by atoms with Crippen LogP contribution in [0.1, 0.15) is 41.5 Å². The minimum atomic E-state index is -6.09. The zero-order valence-corrected chi connectivity index (χ0v) is 18.6. The van der Waals surface area contributed by atoms with E-state index in [4.69, 9.17) is 13.0 Å². The molecule has 0 atom stereocenters. The summed E-state index contributed by atoms with van der Waals surface area (Å²) in [4.78, 5) is 0. The van der Waals surface area contributed by atoms with Crippen molar-refractivity contribution in [2.45, 2.75) is 47.1 Å². The van der Waals surface area contributed by atoms with Crippen molar-refractivity contribution in [1.82, 2.24) is 0 Å². The van der Waals surface area contributed by atoms with Crippen LogP contribution in [-0.4, -0.2) is 18.5 Å². The molecule has 1 fully saturated rings. The first kappa shape index (κ1) is 32.7. The molecular formula is C17H26F3IrO3S-. The molecule has 9 radical (unpaired) electrons. The van der Waals surface area contributed by atoms with Gasteiger partial charge >= 0.3 is 5.51 Å². The van der Waals surface area contributed by atoms with Gasteiger partial charge in [-0.1, -0.05) is 40.7 Å². The molecule has 0 amide bonds. The Kier molecular flexibility index (Phi) is 19.9. The molecule has 1 rings (SSSR count). The van der Waals surface area contributed by atoms with E-state index in [0.717, 1.165) is 0 Å². The third-order valence-electron chi connectivity index (χ3n) is 3.10. The fraction of sp³-hybridized carbons (Fsp3) is 0.412. The topological polar surface area (TPSA) is 57.2 Å². The predicted octanol–water partition coefficient (Wildman–Crippen LogP) is 5.07. The monoisotopic (exact) mass is 560 g/mol. The number of halogens is 3. The van der Waals surface area contributed by atoms with Gasteiger partial charge in [0.1, 0.15) is 0 Å². The molecule has 1 saturated carbocycles. The summed E-state index contributed by atoms with van der Waals surface area (Å²) in [6.07, 6.45) is 3.25. The van der Waals surface area contributed by atoms with Gasteiger partial charge in [-0.2, -0.15) is 13.2 Å². The average Bonchev–Trinajstić information content (AvgIpc) is 2.57. The second-order valence-electron chi connectivity index (χ2n) is 4.72. The number of rotatable bonds is 0. The van der Waals surface area contributed by atoms with Crippen LogP contribution in [0.3, 0.4) is 0 Å². The van der Waals surface area contributed by atoms with Crippen molar-refractivity contribution in [3.63, 3.8) is 0 Å².